The molecule has 1 atom stereocenters. The minimum absolute atomic E-state index is 0.0283. The van der Waals surface area contributed by atoms with E-state index in [1.807, 2.05) is 26.0 Å². The molecule has 3 rings (SSSR count). The number of rotatable bonds is 22. The molecule has 0 bridgehead atoms. The van der Waals surface area contributed by atoms with E-state index in [1.54, 1.807) is 11.0 Å². The zero-order valence-electron chi connectivity index (χ0n) is 25.8. The molecule has 0 spiro atoms. The normalized spacial score (nSPS) is 15.9. The van der Waals surface area contributed by atoms with Crippen molar-refractivity contribution in [1.29, 1.82) is 0 Å². The van der Waals surface area contributed by atoms with Crippen LogP contribution in [0.25, 0.3) is 0 Å². The number of carbonyl (C=O) groups is 4. The highest BCUT2D eigenvalue weighted by Gasteiger charge is 2.39. The predicted octanol–water partition coefficient (Wildman–Crippen LogP) is 1.46. The Kier molecular flexibility index (Phi) is 18.8. The van der Waals surface area contributed by atoms with Crippen LogP contribution in [0.1, 0.15) is 49.0 Å². The molecule has 2 aliphatic heterocycles. The number of nitrogens with one attached hydrogen (secondary N) is 2. The van der Waals surface area contributed by atoms with Crippen LogP contribution in [0.2, 0.25) is 0 Å². The van der Waals surface area contributed by atoms with Crippen LogP contribution in [0.15, 0.2) is 18.2 Å². The largest absolute Gasteiger partial charge is 0.481 e. The van der Waals surface area contributed by atoms with Gasteiger partial charge in [0.15, 0.2) is 0 Å². The van der Waals surface area contributed by atoms with Crippen LogP contribution in [0.4, 0.5) is 5.69 Å². The van der Waals surface area contributed by atoms with Gasteiger partial charge in [-0.25, -0.2) is 0 Å². The molecule has 0 aliphatic carbocycles. The van der Waals surface area contributed by atoms with Crippen LogP contribution in [-0.2, 0) is 49.3 Å². The Morgan fingerprint density at radius 2 is 1.43 bits per heavy atom. The smallest absolute Gasteiger partial charge is 0.305 e. The average molecular weight is 626 g/mol. The third-order valence-corrected chi connectivity index (χ3v) is 6.50. The van der Waals surface area contributed by atoms with Crippen molar-refractivity contribution >= 4 is 29.4 Å². The van der Waals surface area contributed by atoms with E-state index < -0.39 is 17.9 Å². The fourth-order valence-electron chi connectivity index (χ4n) is 4.34. The highest BCUT2D eigenvalue weighted by Crippen LogP contribution is 2.32. The van der Waals surface area contributed by atoms with E-state index in [0.29, 0.717) is 97.7 Å². The second-order valence-electron chi connectivity index (χ2n) is 9.65. The molecular formula is C30H47N3O11. The van der Waals surface area contributed by atoms with E-state index in [2.05, 4.69) is 10.6 Å². The molecule has 44 heavy (non-hydrogen) atoms. The van der Waals surface area contributed by atoms with Gasteiger partial charge in [-0.05, 0) is 32.4 Å². The zero-order chi connectivity index (χ0) is 32.0. The molecule has 2 heterocycles. The molecule has 1 aromatic carbocycles. The van der Waals surface area contributed by atoms with Crippen molar-refractivity contribution in [3.05, 3.63) is 29.3 Å². The topological polar surface area (TPSA) is 171 Å². The molecule has 3 N–H and O–H groups in total. The third kappa shape index (κ3) is 14.1. The molecule has 0 aromatic heterocycles. The second-order valence-corrected chi connectivity index (χ2v) is 9.65. The number of nitrogens with zero attached hydrogens (tertiary/aromatic N) is 1. The van der Waals surface area contributed by atoms with E-state index in [-0.39, 0.29) is 31.3 Å². The first-order valence-electron chi connectivity index (χ1n) is 15.1. The first-order valence-corrected chi connectivity index (χ1v) is 15.1. The Balaban J connectivity index is 0.000000345. The Morgan fingerprint density at radius 1 is 0.864 bits per heavy atom. The van der Waals surface area contributed by atoms with Gasteiger partial charge in [-0.1, -0.05) is 6.07 Å². The van der Waals surface area contributed by atoms with Gasteiger partial charge in [-0.2, -0.15) is 0 Å². The van der Waals surface area contributed by atoms with E-state index >= 15 is 0 Å². The van der Waals surface area contributed by atoms with Crippen LogP contribution in [-0.4, -0.2) is 126 Å². The average Bonchev–Trinajstić information content (AvgIpc) is 3.34. The number of fused-ring (bicyclic) bond motifs is 1. The summed E-state index contributed by atoms with van der Waals surface area (Å²) in [5.41, 5.74) is 2.34. The number of hydrogen-bond donors (Lipinski definition) is 3. The number of carboxylic acid groups (broad SMARTS) is 1. The number of carboxylic acids is 1. The standard InChI is InChI=1S/C19H25N3O5.C11H22O6/c1-2-26-10-11-27-9-8-20-15-5-3-4-13-14(15)12-22(19(13)25)16-6-7-17(23)21-18(16)24;1-2-14-5-6-16-9-10-17-8-7-15-4-3-11(12)13/h3-5,16,20H,2,6-12H2,1H3,(H,21,23,24);2-10H2,1H3,(H,12,13). The van der Waals surface area contributed by atoms with Crippen LogP contribution in [0, 0.1) is 0 Å². The van der Waals surface area contributed by atoms with Gasteiger partial charge >= 0.3 is 5.97 Å². The molecule has 3 amide bonds. The number of benzene rings is 1. The molecule has 0 radical (unpaired) electrons. The quantitative estimate of drug-likeness (QED) is 0.125. The number of carbonyl (C=O) groups excluding carboxylic acids is 3. The Labute approximate surface area is 258 Å². The van der Waals surface area contributed by atoms with E-state index in [0.717, 1.165) is 11.3 Å². The maximum absolute atomic E-state index is 12.7. The fraction of sp³-hybridized carbons (Fsp3) is 0.667. The minimum atomic E-state index is -0.853. The SMILES string of the molecule is CCOCCOCCNc1cccc2c1CN(C1CCC(=O)NC1=O)C2=O.CCOCCOCCOCCOCCC(=O)O. The molecule has 1 saturated heterocycles. The lowest BCUT2D eigenvalue weighted by Crippen LogP contribution is -2.52. The Morgan fingerprint density at radius 3 is 2.00 bits per heavy atom. The van der Waals surface area contributed by atoms with Crippen molar-refractivity contribution in [2.45, 2.75) is 45.7 Å². The number of anilines is 1. The number of ether oxygens (including phenoxy) is 6. The summed E-state index contributed by atoms with van der Waals surface area (Å²) < 4.78 is 31.3. The second kappa shape index (κ2) is 22.4. The van der Waals surface area contributed by atoms with Crippen molar-refractivity contribution in [1.82, 2.24) is 10.2 Å². The van der Waals surface area contributed by atoms with Gasteiger partial charge < -0.3 is 43.7 Å². The van der Waals surface area contributed by atoms with Crippen molar-refractivity contribution in [3.8, 4) is 0 Å². The number of amides is 3. The maximum Gasteiger partial charge on any atom is 0.305 e. The molecule has 2 aliphatic rings. The predicted molar refractivity (Wildman–Crippen MR) is 159 cm³/mol. The summed E-state index contributed by atoms with van der Waals surface area (Å²) in [6.45, 7) is 11.2. The van der Waals surface area contributed by atoms with Crippen LogP contribution in [0.5, 0.6) is 0 Å². The number of hydrogen-bond acceptors (Lipinski definition) is 11. The van der Waals surface area contributed by atoms with Crippen LogP contribution in [0.3, 0.4) is 0 Å². The fourth-order valence-corrected chi connectivity index (χ4v) is 4.34. The zero-order valence-corrected chi connectivity index (χ0v) is 25.8. The van der Waals surface area contributed by atoms with Crippen molar-refractivity contribution in [2.75, 3.05) is 91.1 Å². The first-order chi connectivity index (χ1) is 21.4. The molecule has 1 fully saturated rings. The van der Waals surface area contributed by atoms with E-state index in [9.17, 15) is 19.2 Å². The molecule has 0 saturated carbocycles. The Bertz CT molecular complexity index is 1020. The summed E-state index contributed by atoms with van der Waals surface area (Å²) in [6.07, 6.45) is 0.641. The monoisotopic (exact) mass is 625 g/mol. The molecule has 14 heteroatoms. The highest BCUT2D eigenvalue weighted by molar-refractivity contribution is 6.06. The molecule has 14 nitrogen and oxygen atoms in total. The lowest BCUT2D eigenvalue weighted by molar-refractivity contribution is -0.139. The van der Waals surface area contributed by atoms with Gasteiger partial charge in [-0.15, -0.1) is 0 Å². The van der Waals surface area contributed by atoms with Crippen molar-refractivity contribution in [2.24, 2.45) is 0 Å². The van der Waals surface area contributed by atoms with Crippen LogP contribution >= 0.6 is 0 Å². The Hall–Kier alpha value is -3.14. The first kappa shape index (κ1) is 37.0. The van der Waals surface area contributed by atoms with Gasteiger partial charge in [0, 0.05) is 49.5 Å². The summed E-state index contributed by atoms with van der Waals surface area (Å²) in [5, 5.41) is 14.0. The van der Waals surface area contributed by atoms with Gasteiger partial charge in [0.1, 0.15) is 6.04 Å². The van der Waals surface area contributed by atoms with Gasteiger partial charge in [-0.3, -0.25) is 24.5 Å². The third-order valence-electron chi connectivity index (χ3n) is 6.50. The number of aliphatic carboxylic acids is 1. The summed E-state index contributed by atoms with van der Waals surface area (Å²) in [7, 11) is 0. The van der Waals surface area contributed by atoms with Gasteiger partial charge in [0.05, 0.1) is 72.5 Å². The van der Waals surface area contributed by atoms with Gasteiger partial charge in [0.2, 0.25) is 11.8 Å². The summed E-state index contributed by atoms with van der Waals surface area (Å²) in [4.78, 5) is 47.9. The molecule has 1 aromatic rings. The van der Waals surface area contributed by atoms with Gasteiger partial charge in [0.25, 0.3) is 5.91 Å². The molecular weight excluding hydrogens is 578 g/mol. The highest BCUT2D eigenvalue weighted by atomic mass is 16.6. The van der Waals surface area contributed by atoms with Crippen LogP contribution < -0.4 is 10.6 Å². The van der Waals surface area contributed by atoms with E-state index in [1.165, 1.54) is 0 Å². The summed E-state index contributed by atoms with van der Waals surface area (Å²) in [5.74, 6) is -1.71. The molecule has 248 valence electrons. The molecule has 1 unspecified atom stereocenters. The maximum atomic E-state index is 12.7. The number of imide groups is 1. The number of piperidine rings is 1. The van der Waals surface area contributed by atoms with Crippen molar-refractivity contribution < 1.29 is 52.7 Å². The summed E-state index contributed by atoms with van der Waals surface area (Å²) in [6, 6.07) is 4.91. The van der Waals surface area contributed by atoms with E-state index in [4.69, 9.17) is 33.5 Å². The minimum Gasteiger partial charge on any atom is -0.481 e. The summed E-state index contributed by atoms with van der Waals surface area (Å²) >= 11 is 0. The lowest BCUT2D eigenvalue weighted by Gasteiger charge is -2.29. The lowest BCUT2D eigenvalue weighted by atomic mass is 10.0. The van der Waals surface area contributed by atoms with Crippen molar-refractivity contribution in [3.63, 3.8) is 0 Å².